The Kier molecular flexibility index (Phi) is 6.12. The summed E-state index contributed by atoms with van der Waals surface area (Å²) >= 11 is 0. The summed E-state index contributed by atoms with van der Waals surface area (Å²) < 4.78 is 33.1. The Morgan fingerprint density at radius 1 is 1.14 bits per heavy atom. The van der Waals surface area contributed by atoms with Crippen LogP contribution in [-0.2, 0) is 27.8 Å². The van der Waals surface area contributed by atoms with Crippen LogP contribution in [0, 0.1) is 0 Å². The lowest BCUT2D eigenvalue weighted by molar-refractivity contribution is -0.144. The number of H-pyrrole nitrogens is 1. The van der Waals surface area contributed by atoms with Gasteiger partial charge in [-0.05, 0) is 67.6 Å². The molecule has 1 aromatic heterocycles. The fraction of sp³-hybridized carbons (Fsp3) is 0.286. The van der Waals surface area contributed by atoms with Crippen LogP contribution in [0.25, 0.3) is 10.9 Å². The molecule has 0 saturated carbocycles. The minimum atomic E-state index is -3.57. The molecule has 29 heavy (non-hydrogen) atoms. The summed E-state index contributed by atoms with van der Waals surface area (Å²) in [6.45, 7) is 1.49. The van der Waals surface area contributed by atoms with Crippen LogP contribution in [0.1, 0.15) is 24.5 Å². The van der Waals surface area contributed by atoms with Crippen molar-refractivity contribution in [3.63, 3.8) is 0 Å². The summed E-state index contributed by atoms with van der Waals surface area (Å²) in [6.07, 6.45) is 4.49. The lowest BCUT2D eigenvalue weighted by Crippen LogP contribution is -2.22. The number of hydrogen-bond donors (Lipinski definition) is 2. The molecule has 1 atom stereocenters. The summed E-state index contributed by atoms with van der Waals surface area (Å²) in [7, 11) is -3.57. The minimum absolute atomic E-state index is 0.290. The SMILES string of the molecule is CC(Oc1cccc(CCCc2c[nH]c3ccc(OS(C)(=O)=O)cc23)c1)C(=O)O. The minimum Gasteiger partial charge on any atom is -0.479 e. The molecule has 8 heteroatoms. The van der Waals surface area contributed by atoms with Gasteiger partial charge < -0.3 is 19.0 Å². The molecule has 7 nitrogen and oxygen atoms in total. The van der Waals surface area contributed by atoms with Crippen molar-refractivity contribution < 1.29 is 27.2 Å². The van der Waals surface area contributed by atoms with Gasteiger partial charge in [-0.3, -0.25) is 0 Å². The van der Waals surface area contributed by atoms with Crippen LogP contribution in [0.15, 0.2) is 48.7 Å². The third-order valence-corrected chi connectivity index (χ3v) is 4.95. The lowest BCUT2D eigenvalue weighted by atomic mass is 10.0. The summed E-state index contributed by atoms with van der Waals surface area (Å²) in [5, 5.41) is 9.89. The normalized spacial score (nSPS) is 12.6. The topological polar surface area (TPSA) is 106 Å². The summed E-state index contributed by atoms with van der Waals surface area (Å²) in [6, 6.07) is 12.6. The smallest absolute Gasteiger partial charge is 0.344 e. The molecule has 3 rings (SSSR count). The Labute approximate surface area is 169 Å². The third-order valence-electron chi connectivity index (χ3n) is 4.46. The first-order valence-electron chi connectivity index (χ1n) is 9.19. The van der Waals surface area contributed by atoms with Gasteiger partial charge in [-0.25, -0.2) is 4.79 Å². The highest BCUT2D eigenvalue weighted by Gasteiger charge is 2.13. The number of aromatic amines is 1. The highest BCUT2D eigenvalue weighted by Crippen LogP contribution is 2.26. The van der Waals surface area contributed by atoms with Crippen molar-refractivity contribution in [1.29, 1.82) is 0 Å². The maximum atomic E-state index is 11.3. The molecule has 0 spiro atoms. The summed E-state index contributed by atoms with van der Waals surface area (Å²) in [4.78, 5) is 14.1. The number of fused-ring (bicyclic) bond motifs is 1. The number of hydrogen-bond acceptors (Lipinski definition) is 5. The molecule has 0 aliphatic carbocycles. The van der Waals surface area contributed by atoms with Crippen LogP contribution in [0.3, 0.4) is 0 Å². The van der Waals surface area contributed by atoms with E-state index in [2.05, 4.69) is 4.98 Å². The Hall–Kier alpha value is -3.00. The molecule has 2 aromatic carbocycles. The van der Waals surface area contributed by atoms with Gasteiger partial charge >= 0.3 is 16.1 Å². The molecule has 2 N–H and O–H groups in total. The van der Waals surface area contributed by atoms with Gasteiger partial charge in [0, 0.05) is 17.1 Å². The number of rotatable bonds is 9. The van der Waals surface area contributed by atoms with Crippen molar-refractivity contribution in [2.75, 3.05) is 6.26 Å². The van der Waals surface area contributed by atoms with Gasteiger partial charge in [0.15, 0.2) is 6.10 Å². The number of aliphatic carboxylic acids is 1. The number of aryl methyl sites for hydroxylation is 2. The molecule has 0 fully saturated rings. The van der Waals surface area contributed by atoms with Gasteiger partial charge in [-0.15, -0.1) is 0 Å². The van der Waals surface area contributed by atoms with E-state index in [1.54, 1.807) is 24.3 Å². The Morgan fingerprint density at radius 3 is 2.66 bits per heavy atom. The zero-order valence-corrected chi connectivity index (χ0v) is 17.0. The second-order valence-corrected chi connectivity index (χ2v) is 8.48. The van der Waals surface area contributed by atoms with Crippen LogP contribution < -0.4 is 8.92 Å². The van der Waals surface area contributed by atoms with E-state index in [0.717, 1.165) is 47.5 Å². The predicted molar refractivity (Wildman–Crippen MR) is 110 cm³/mol. The van der Waals surface area contributed by atoms with Crippen molar-refractivity contribution in [2.45, 2.75) is 32.3 Å². The number of carboxylic acid groups (broad SMARTS) is 1. The quantitative estimate of drug-likeness (QED) is 0.516. The zero-order valence-electron chi connectivity index (χ0n) is 16.2. The molecule has 0 aliphatic heterocycles. The molecule has 0 amide bonds. The first kappa shape index (κ1) is 20.7. The van der Waals surface area contributed by atoms with Crippen LogP contribution >= 0.6 is 0 Å². The predicted octanol–water partition coefficient (Wildman–Crippen LogP) is 3.53. The van der Waals surface area contributed by atoms with E-state index in [4.69, 9.17) is 14.0 Å². The molecule has 154 valence electrons. The number of carboxylic acids is 1. The number of carbonyl (C=O) groups is 1. The molecule has 0 radical (unpaired) electrons. The van der Waals surface area contributed by atoms with E-state index in [1.807, 2.05) is 24.4 Å². The van der Waals surface area contributed by atoms with Gasteiger partial charge in [-0.2, -0.15) is 8.42 Å². The maximum Gasteiger partial charge on any atom is 0.344 e. The number of aromatic nitrogens is 1. The molecule has 0 aliphatic rings. The Bertz CT molecular complexity index is 1120. The van der Waals surface area contributed by atoms with Crippen LogP contribution in [0.4, 0.5) is 0 Å². The molecule has 3 aromatic rings. The molecular weight excluding hydrogens is 394 g/mol. The highest BCUT2D eigenvalue weighted by atomic mass is 32.2. The number of nitrogens with one attached hydrogen (secondary N) is 1. The summed E-state index contributed by atoms with van der Waals surface area (Å²) in [5.41, 5.74) is 3.05. The van der Waals surface area contributed by atoms with E-state index < -0.39 is 22.2 Å². The monoisotopic (exact) mass is 417 g/mol. The molecule has 0 saturated heterocycles. The lowest BCUT2D eigenvalue weighted by Gasteiger charge is -2.11. The van der Waals surface area contributed by atoms with Gasteiger partial charge in [0.05, 0.1) is 6.26 Å². The van der Waals surface area contributed by atoms with E-state index in [-0.39, 0.29) is 0 Å². The van der Waals surface area contributed by atoms with Crippen LogP contribution in [0.2, 0.25) is 0 Å². The van der Waals surface area contributed by atoms with Gasteiger partial charge in [-0.1, -0.05) is 12.1 Å². The van der Waals surface area contributed by atoms with E-state index in [9.17, 15) is 13.2 Å². The van der Waals surface area contributed by atoms with Gasteiger partial charge in [0.25, 0.3) is 0 Å². The third kappa shape index (κ3) is 5.74. The van der Waals surface area contributed by atoms with Crippen molar-refractivity contribution in [3.05, 3.63) is 59.8 Å². The second kappa shape index (κ2) is 8.57. The standard InChI is InChI=1S/C21H23NO6S/c1-14(21(23)24)27-17-8-4-6-15(11-17)5-3-7-16-13-22-20-10-9-18(12-19(16)20)28-29(2,25)26/h4,6,8-14,22H,3,5,7H2,1-2H3,(H,23,24). The Balaban J connectivity index is 1.65. The average Bonchev–Trinajstić information content (AvgIpc) is 3.03. The molecule has 0 bridgehead atoms. The average molecular weight is 417 g/mol. The van der Waals surface area contributed by atoms with Crippen molar-refractivity contribution in [1.82, 2.24) is 4.98 Å². The van der Waals surface area contributed by atoms with E-state index >= 15 is 0 Å². The van der Waals surface area contributed by atoms with Crippen molar-refractivity contribution >= 4 is 27.0 Å². The molecular formula is C21H23NO6S. The summed E-state index contributed by atoms with van der Waals surface area (Å²) in [5.74, 6) is -0.181. The maximum absolute atomic E-state index is 11.3. The number of ether oxygens (including phenoxy) is 1. The fourth-order valence-corrected chi connectivity index (χ4v) is 3.56. The number of benzene rings is 2. The van der Waals surface area contributed by atoms with Crippen LogP contribution in [0.5, 0.6) is 11.5 Å². The van der Waals surface area contributed by atoms with Crippen LogP contribution in [-0.4, -0.2) is 36.8 Å². The first-order valence-corrected chi connectivity index (χ1v) is 11.0. The molecule has 1 unspecified atom stereocenters. The zero-order chi connectivity index (χ0) is 21.0. The van der Waals surface area contributed by atoms with Crippen molar-refractivity contribution in [3.8, 4) is 11.5 Å². The second-order valence-electron chi connectivity index (χ2n) is 6.91. The fourth-order valence-electron chi connectivity index (χ4n) is 3.10. The molecule has 1 heterocycles. The van der Waals surface area contributed by atoms with E-state index in [1.165, 1.54) is 6.92 Å². The largest absolute Gasteiger partial charge is 0.479 e. The first-order chi connectivity index (χ1) is 13.7. The highest BCUT2D eigenvalue weighted by molar-refractivity contribution is 7.86. The van der Waals surface area contributed by atoms with Gasteiger partial charge in [0.1, 0.15) is 11.5 Å². The van der Waals surface area contributed by atoms with Gasteiger partial charge in [0.2, 0.25) is 0 Å². The Morgan fingerprint density at radius 2 is 1.93 bits per heavy atom. The van der Waals surface area contributed by atoms with E-state index in [0.29, 0.717) is 11.5 Å². The van der Waals surface area contributed by atoms with Crippen molar-refractivity contribution in [2.24, 2.45) is 0 Å².